The number of H-pyrrole nitrogens is 1. The van der Waals surface area contributed by atoms with Crippen LogP contribution < -0.4 is 24.7 Å². The molecule has 11 rings (SSSR count). The lowest BCUT2D eigenvalue weighted by Gasteiger charge is -2.41. The second-order valence-electron chi connectivity index (χ2n) is 20.4. The van der Waals surface area contributed by atoms with Gasteiger partial charge in [0.1, 0.15) is 34.1 Å². The summed E-state index contributed by atoms with van der Waals surface area (Å²) >= 11 is 6.04. The number of sulfone groups is 2. The average Bonchev–Trinajstić information content (AvgIpc) is 4.05. The first kappa shape index (κ1) is 52.5. The highest BCUT2D eigenvalue weighted by Gasteiger charge is 2.52. The van der Waals surface area contributed by atoms with Crippen molar-refractivity contribution >= 4 is 72.5 Å². The first-order valence-corrected chi connectivity index (χ1v) is 27.6. The molecule has 6 aliphatic rings. The van der Waals surface area contributed by atoms with Crippen LogP contribution in [0.1, 0.15) is 85.3 Å². The van der Waals surface area contributed by atoms with Gasteiger partial charge in [-0.25, -0.2) is 31.8 Å². The van der Waals surface area contributed by atoms with Gasteiger partial charge >= 0.3 is 7.12 Å². The Labute approximate surface area is 423 Å². The number of aromatic nitrogens is 5. The van der Waals surface area contributed by atoms with Crippen molar-refractivity contribution in [2.75, 3.05) is 75.0 Å². The molecule has 1 aliphatic carbocycles. The molecule has 17 nitrogen and oxygen atoms in total. The predicted octanol–water partition coefficient (Wildman–Crippen LogP) is 6.70. The first-order chi connectivity index (χ1) is 32.9. The summed E-state index contributed by atoms with van der Waals surface area (Å²) in [5.74, 6) is 2.53. The zero-order chi connectivity index (χ0) is 50.2. The SMILES string of the molecule is C.CC(C)(c1nc(-c2cccc3[nH]ccc23)nc2c1OCC1COCCN21)S(C)(=O)=O.CC(C)(c1nc(Cl)nc2c1OCC1COCCN21)S(C)(=O)=O.CC1(C)OB(c2cccc3c2C=CC3)OC1(C)C. The van der Waals surface area contributed by atoms with Crippen molar-refractivity contribution in [3.05, 3.63) is 82.5 Å². The van der Waals surface area contributed by atoms with Crippen molar-refractivity contribution in [2.24, 2.45) is 0 Å². The second kappa shape index (κ2) is 19.2. The summed E-state index contributed by atoms with van der Waals surface area (Å²) in [6.45, 7) is 19.3. The normalized spacial score (nSPS) is 20.9. The van der Waals surface area contributed by atoms with E-state index in [1.807, 2.05) is 30.5 Å². The van der Waals surface area contributed by atoms with Crippen LogP contribution in [-0.2, 0) is 54.4 Å². The van der Waals surface area contributed by atoms with Crippen LogP contribution in [0.25, 0.3) is 28.4 Å². The van der Waals surface area contributed by atoms with E-state index in [0.717, 1.165) is 28.4 Å². The number of fused-ring (bicyclic) bond motifs is 8. The summed E-state index contributed by atoms with van der Waals surface area (Å²) in [6.07, 6.45) is 9.66. The smallest absolute Gasteiger partial charge is 0.486 e. The number of ether oxygens (including phenoxy) is 4. The van der Waals surface area contributed by atoms with E-state index in [0.29, 0.717) is 93.1 Å². The molecule has 5 aromatic rings. The lowest BCUT2D eigenvalue weighted by atomic mass is 9.75. The van der Waals surface area contributed by atoms with Gasteiger partial charge in [-0.3, -0.25) is 0 Å². The number of nitrogens with one attached hydrogen (secondary N) is 1. The Hall–Kier alpha value is -4.83. The number of morpholine rings is 2. The summed E-state index contributed by atoms with van der Waals surface area (Å²) in [5.41, 5.74) is 5.75. The molecule has 8 heterocycles. The molecule has 2 atom stereocenters. The van der Waals surface area contributed by atoms with Gasteiger partial charge in [-0.2, -0.15) is 4.98 Å². The number of nitrogens with zero attached hydrogens (tertiary/aromatic N) is 6. The average molecular weight is 1030 g/mol. The number of rotatable bonds is 6. The van der Waals surface area contributed by atoms with E-state index in [-0.39, 0.29) is 43.1 Å². The van der Waals surface area contributed by atoms with E-state index in [1.54, 1.807) is 27.7 Å². The van der Waals surface area contributed by atoms with Crippen LogP contribution in [0.4, 0.5) is 11.6 Å². The Balaban J connectivity index is 0.000000147. The van der Waals surface area contributed by atoms with Crippen molar-refractivity contribution < 1.29 is 45.1 Å². The molecule has 3 aromatic heterocycles. The van der Waals surface area contributed by atoms with Crippen molar-refractivity contribution in [2.45, 2.75) is 102 Å². The van der Waals surface area contributed by atoms with Crippen molar-refractivity contribution in [1.29, 1.82) is 0 Å². The molecule has 0 radical (unpaired) electrons. The number of hydrogen-bond donors (Lipinski definition) is 1. The van der Waals surface area contributed by atoms with Crippen LogP contribution in [0.5, 0.6) is 11.5 Å². The van der Waals surface area contributed by atoms with Crippen molar-refractivity contribution in [3.63, 3.8) is 0 Å². The molecule has 0 spiro atoms. The van der Waals surface area contributed by atoms with Crippen molar-refractivity contribution in [1.82, 2.24) is 24.9 Å². The van der Waals surface area contributed by atoms with Gasteiger partial charge in [0.05, 0.1) is 49.7 Å². The van der Waals surface area contributed by atoms with Gasteiger partial charge in [0.2, 0.25) is 5.28 Å². The maximum absolute atomic E-state index is 12.7. The molecule has 382 valence electrons. The summed E-state index contributed by atoms with van der Waals surface area (Å²) in [6, 6.07) is 14.3. The van der Waals surface area contributed by atoms with Gasteiger partial charge in [0.25, 0.3) is 0 Å². The monoisotopic (exact) mass is 1030 g/mol. The Morgan fingerprint density at radius 1 is 0.732 bits per heavy atom. The van der Waals surface area contributed by atoms with Crippen LogP contribution in [-0.4, -0.2) is 137 Å². The summed E-state index contributed by atoms with van der Waals surface area (Å²) in [7, 11) is -7.13. The second-order valence-corrected chi connectivity index (χ2v) is 25.9. The van der Waals surface area contributed by atoms with Crippen molar-refractivity contribution in [3.8, 4) is 22.9 Å². The summed E-state index contributed by atoms with van der Waals surface area (Å²) < 4.78 is 82.3. The third-order valence-electron chi connectivity index (χ3n) is 14.7. The third kappa shape index (κ3) is 9.65. The molecule has 0 saturated carbocycles. The fourth-order valence-electron chi connectivity index (χ4n) is 9.07. The zero-order valence-corrected chi connectivity index (χ0v) is 43.7. The van der Waals surface area contributed by atoms with Crippen LogP contribution in [0.3, 0.4) is 0 Å². The molecular formula is C50H65BClN7O10S2. The van der Waals surface area contributed by atoms with Crippen LogP contribution in [0.15, 0.2) is 54.7 Å². The molecule has 0 amide bonds. The molecule has 71 heavy (non-hydrogen) atoms. The van der Waals surface area contributed by atoms with Gasteiger partial charge in [-0.05, 0) is 102 Å². The van der Waals surface area contributed by atoms with Crippen LogP contribution in [0.2, 0.25) is 5.28 Å². The van der Waals surface area contributed by atoms with Gasteiger partial charge in [0.15, 0.2) is 48.6 Å². The van der Waals surface area contributed by atoms with Gasteiger partial charge in [0, 0.05) is 48.3 Å². The topological polar surface area (TPSA) is 197 Å². The van der Waals surface area contributed by atoms with Crippen LogP contribution >= 0.6 is 11.6 Å². The Morgan fingerprint density at radius 3 is 1.86 bits per heavy atom. The fraction of sp³-hybridized carbons (Fsp3) is 0.520. The Morgan fingerprint density at radius 2 is 1.28 bits per heavy atom. The highest BCUT2D eigenvalue weighted by Crippen LogP contribution is 2.46. The first-order valence-electron chi connectivity index (χ1n) is 23.4. The third-order valence-corrected chi connectivity index (χ3v) is 19.0. The number of hydrogen-bond acceptors (Lipinski definition) is 16. The predicted molar refractivity (Wildman–Crippen MR) is 279 cm³/mol. The molecule has 3 fully saturated rings. The van der Waals surface area contributed by atoms with Gasteiger partial charge in [-0.1, -0.05) is 49.9 Å². The molecule has 0 bridgehead atoms. The van der Waals surface area contributed by atoms with E-state index < -0.39 is 29.2 Å². The quantitative estimate of drug-likeness (QED) is 0.139. The van der Waals surface area contributed by atoms with E-state index in [2.05, 4.69) is 82.8 Å². The number of anilines is 2. The lowest BCUT2D eigenvalue weighted by molar-refractivity contribution is 0.00578. The van der Waals surface area contributed by atoms with Crippen LogP contribution in [0, 0.1) is 0 Å². The van der Waals surface area contributed by atoms with Gasteiger partial charge in [-0.15, -0.1) is 0 Å². The van der Waals surface area contributed by atoms with E-state index in [1.165, 1.54) is 23.6 Å². The van der Waals surface area contributed by atoms with E-state index in [9.17, 15) is 16.8 Å². The maximum atomic E-state index is 12.7. The minimum Gasteiger partial charge on any atom is -0.486 e. The highest BCUT2D eigenvalue weighted by molar-refractivity contribution is 7.91. The molecule has 2 unspecified atom stereocenters. The lowest BCUT2D eigenvalue weighted by Crippen LogP contribution is -2.52. The molecule has 2 aromatic carbocycles. The number of halogens is 1. The summed E-state index contributed by atoms with van der Waals surface area (Å²) in [5, 5.41) is 0.997. The fourth-order valence-corrected chi connectivity index (χ4v) is 10.2. The molecule has 5 aliphatic heterocycles. The summed E-state index contributed by atoms with van der Waals surface area (Å²) in [4.78, 5) is 25.5. The minimum atomic E-state index is -3.47. The Bertz CT molecular complexity index is 3080. The largest absolute Gasteiger partial charge is 0.495 e. The zero-order valence-electron chi connectivity index (χ0n) is 41.3. The number of aromatic amines is 1. The molecule has 1 N–H and O–H groups in total. The van der Waals surface area contributed by atoms with E-state index in [4.69, 9.17) is 49.8 Å². The molecule has 3 saturated heterocycles. The van der Waals surface area contributed by atoms with Gasteiger partial charge < -0.3 is 43.0 Å². The number of benzene rings is 2. The highest BCUT2D eigenvalue weighted by atomic mass is 35.5. The molecular weight excluding hydrogens is 969 g/mol. The standard InChI is InChI=1S/C21H24N4O4S.C15H19BO2.C13H18ClN3O4S.CH4/c1-21(2,30(3,26)27)18-17-20(25-9-10-28-11-13(25)12-29-17)24-19(23-18)15-5-4-6-16-14(15)7-8-22-16;1-14(2)15(3,4)18-16(17-14)13-10-6-8-11-7-5-9-12(11)13;1-13(2,22(3,18)19)10-9-11(16-12(14)15-10)17-4-5-20-6-8(17)7-21-9;/h4-8,13,22H,9-12H2,1-3H3;5-6,8-10H,7H2,1-4H3;8H,4-7H2,1-3H3;1H4. The number of allylic oxidation sites excluding steroid dienone is 1. The Kier molecular flexibility index (Phi) is 14.2. The van der Waals surface area contributed by atoms with E-state index >= 15 is 0 Å². The maximum Gasteiger partial charge on any atom is 0.495 e. The molecule has 21 heteroatoms. The minimum absolute atomic E-state index is 0.